The molecule has 136 valence electrons. The number of carbonyl (C=O) groups is 2. The zero-order valence-electron chi connectivity index (χ0n) is 14.1. The van der Waals surface area contributed by atoms with Crippen LogP contribution in [0.4, 0.5) is 5.69 Å². The first-order valence-corrected chi connectivity index (χ1v) is 8.74. The van der Waals surface area contributed by atoms with E-state index in [1.165, 1.54) is 12.1 Å². The Morgan fingerprint density at radius 1 is 1.04 bits per heavy atom. The number of hydrogen-bond acceptors (Lipinski definition) is 3. The second kappa shape index (κ2) is 9.03. The Hall–Kier alpha value is -2.08. The van der Waals surface area contributed by atoms with Crippen molar-refractivity contribution in [3.63, 3.8) is 0 Å². The monoisotopic (exact) mass is 411 g/mol. The van der Waals surface area contributed by atoms with Crippen LogP contribution >= 0.6 is 34.8 Å². The highest BCUT2D eigenvalue weighted by Crippen LogP contribution is 2.21. The van der Waals surface area contributed by atoms with Crippen LogP contribution in [0.3, 0.4) is 0 Å². The lowest BCUT2D eigenvalue weighted by Crippen LogP contribution is -2.22. The van der Waals surface area contributed by atoms with Crippen LogP contribution in [-0.4, -0.2) is 17.5 Å². The number of anilines is 1. The van der Waals surface area contributed by atoms with Crippen LogP contribution in [0.2, 0.25) is 15.1 Å². The molecule has 5 nitrogen and oxygen atoms in total. The quantitative estimate of drug-likeness (QED) is 0.530. The first-order valence-electron chi connectivity index (χ1n) is 7.61. The van der Waals surface area contributed by atoms with Crippen LogP contribution in [0.15, 0.2) is 41.5 Å². The summed E-state index contributed by atoms with van der Waals surface area (Å²) in [4.78, 5) is 24.2. The predicted octanol–water partition coefficient (Wildman–Crippen LogP) is 5.09. The van der Waals surface area contributed by atoms with E-state index in [9.17, 15) is 9.59 Å². The maximum Gasteiger partial charge on any atom is 0.272 e. The Bertz CT molecular complexity index is 882. The van der Waals surface area contributed by atoms with Crippen LogP contribution in [0.5, 0.6) is 0 Å². The van der Waals surface area contributed by atoms with Crippen molar-refractivity contribution in [1.82, 2.24) is 5.43 Å². The number of nitrogens with zero attached hydrogens (tertiary/aromatic N) is 1. The summed E-state index contributed by atoms with van der Waals surface area (Å²) in [6, 6.07) is 9.76. The summed E-state index contributed by atoms with van der Waals surface area (Å²) in [7, 11) is 0. The lowest BCUT2D eigenvalue weighted by atomic mass is 10.2. The zero-order chi connectivity index (χ0) is 19.3. The van der Waals surface area contributed by atoms with E-state index in [0.29, 0.717) is 21.4 Å². The highest BCUT2D eigenvalue weighted by molar-refractivity contribution is 6.36. The van der Waals surface area contributed by atoms with E-state index in [1.807, 2.05) is 13.0 Å². The van der Waals surface area contributed by atoms with Crippen LogP contribution in [-0.2, 0) is 4.79 Å². The highest BCUT2D eigenvalue weighted by Gasteiger charge is 2.11. The number of benzene rings is 2. The summed E-state index contributed by atoms with van der Waals surface area (Å²) < 4.78 is 0. The van der Waals surface area contributed by atoms with Gasteiger partial charge < -0.3 is 5.32 Å². The van der Waals surface area contributed by atoms with Gasteiger partial charge in [-0.3, -0.25) is 9.59 Å². The molecule has 26 heavy (non-hydrogen) atoms. The summed E-state index contributed by atoms with van der Waals surface area (Å²) in [5, 5.41) is 7.87. The van der Waals surface area contributed by atoms with Crippen LogP contribution in [0.25, 0.3) is 0 Å². The molecular formula is C18H16Cl3N3O2. The Kier molecular flexibility index (Phi) is 7.03. The molecule has 0 heterocycles. The molecule has 0 spiro atoms. The van der Waals surface area contributed by atoms with Gasteiger partial charge in [-0.05, 0) is 49.7 Å². The molecule has 2 aromatic carbocycles. The fraction of sp³-hybridized carbons (Fsp3) is 0.167. The third-order valence-corrected chi connectivity index (χ3v) is 4.20. The number of amides is 2. The number of hydrogen-bond donors (Lipinski definition) is 2. The summed E-state index contributed by atoms with van der Waals surface area (Å²) in [6.45, 7) is 3.50. The van der Waals surface area contributed by atoms with Crippen molar-refractivity contribution in [1.29, 1.82) is 0 Å². The van der Waals surface area contributed by atoms with Crippen LogP contribution in [0.1, 0.15) is 29.3 Å². The lowest BCUT2D eigenvalue weighted by Gasteiger charge is -2.09. The number of halogens is 3. The summed E-state index contributed by atoms with van der Waals surface area (Å²) in [5.41, 5.74) is 4.57. The van der Waals surface area contributed by atoms with Gasteiger partial charge in [-0.2, -0.15) is 5.10 Å². The van der Waals surface area contributed by atoms with Gasteiger partial charge in [-0.1, -0.05) is 40.9 Å². The zero-order valence-corrected chi connectivity index (χ0v) is 16.3. The Labute approximate surface area is 166 Å². The SMILES string of the molecule is C/C(CC(=O)Nc1cc(Cl)ccc1C)=N\NC(=O)c1ccc(Cl)cc1Cl. The summed E-state index contributed by atoms with van der Waals surface area (Å²) in [6.07, 6.45) is 0.0145. The van der Waals surface area contributed by atoms with Crippen LogP contribution < -0.4 is 10.7 Å². The van der Waals surface area contributed by atoms with Gasteiger partial charge in [0.05, 0.1) is 17.0 Å². The Morgan fingerprint density at radius 3 is 2.38 bits per heavy atom. The van der Waals surface area contributed by atoms with E-state index in [4.69, 9.17) is 34.8 Å². The molecule has 0 fully saturated rings. The molecule has 2 amide bonds. The topological polar surface area (TPSA) is 70.6 Å². The molecule has 0 aliphatic heterocycles. The van der Waals surface area contributed by atoms with Gasteiger partial charge >= 0.3 is 0 Å². The molecule has 0 saturated heterocycles. The first kappa shape index (κ1) is 20.2. The normalized spacial score (nSPS) is 11.2. The smallest absolute Gasteiger partial charge is 0.272 e. The highest BCUT2D eigenvalue weighted by atomic mass is 35.5. The number of aryl methyl sites for hydroxylation is 1. The van der Waals surface area contributed by atoms with Crippen molar-refractivity contribution in [2.24, 2.45) is 5.10 Å². The molecule has 8 heteroatoms. The van der Waals surface area contributed by atoms with E-state index in [-0.39, 0.29) is 22.9 Å². The third kappa shape index (κ3) is 5.73. The number of carbonyl (C=O) groups excluding carboxylic acids is 2. The fourth-order valence-electron chi connectivity index (χ4n) is 2.08. The van der Waals surface area contributed by atoms with Crippen molar-refractivity contribution in [2.45, 2.75) is 20.3 Å². The van der Waals surface area contributed by atoms with Crippen molar-refractivity contribution >= 4 is 58.0 Å². The maximum absolute atomic E-state index is 12.1. The fourth-order valence-corrected chi connectivity index (χ4v) is 2.74. The molecule has 0 saturated carbocycles. The van der Waals surface area contributed by atoms with Crippen molar-refractivity contribution in [3.8, 4) is 0 Å². The summed E-state index contributed by atoms with van der Waals surface area (Å²) in [5.74, 6) is -0.757. The second-order valence-corrected chi connectivity index (χ2v) is 6.88. The van der Waals surface area contributed by atoms with Gasteiger partial charge in [0, 0.05) is 21.4 Å². The lowest BCUT2D eigenvalue weighted by molar-refractivity contribution is -0.115. The number of hydrazone groups is 1. The van der Waals surface area contributed by atoms with Gasteiger partial charge in [-0.25, -0.2) is 5.43 Å². The Morgan fingerprint density at radius 2 is 1.69 bits per heavy atom. The van der Waals surface area contributed by atoms with Crippen molar-refractivity contribution < 1.29 is 9.59 Å². The van der Waals surface area contributed by atoms with Crippen LogP contribution in [0, 0.1) is 6.92 Å². The molecule has 0 radical (unpaired) electrons. The second-order valence-electron chi connectivity index (χ2n) is 5.60. The van der Waals surface area contributed by atoms with Crippen molar-refractivity contribution in [2.75, 3.05) is 5.32 Å². The average molecular weight is 413 g/mol. The van der Waals surface area contributed by atoms with E-state index in [1.54, 1.807) is 25.1 Å². The molecule has 0 unspecified atom stereocenters. The largest absolute Gasteiger partial charge is 0.325 e. The van der Waals surface area contributed by atoms with Gasteiger partial charge in [0.15, 0.2) is 0 Å². The minimum atomic E-state index is -0.489. The third-order valence-electron chi connectivity index (χ3n) is 3.41. The Balaban J connectivity index is 1.96. The summed E-state index contributed by atoms with van der Waals surface area (Å²) >= 11 is 17.7. The van der Waals surface area contributed by atoms with Gasteiger partial charge in [-0.15, -0.1) is 0 Å². The molecule has 2 rings (SSSR count). The number of nitrogens with one attached hydrogen (secondary N) is 2. The van der Waals surface area contributed by atoms with Gasteiger partial charge in [0.25, 0.3) is 5.91 Å². The molecule has 0 aliphatic rings. The first-order chi connectivity index (χ1) is 12.3. The number of rotatable bonds is 5. The molecule has 0 bridgehead atoms. The van der Waals surface area contributed by atoms with Crippen molar-refractivity contribution in [3.05, 3.63) is 62.6 Å². The predicted molar refractivity (Wildman–Crippen MR) is 106 cm³/mol. The molecule has 0 atom stereocenters. The molecule has 0 aliphatic carbocycles. The minimum absolute atomic E-state index is 0.0145. The van der Waals surface area contributed by atoms with E-state index in [0.717, 1.165) is 5.56 Å². The molecule has 0 aromatic heterocycles. The maximum atomic E-state index is 12.1. The molecular weight excluding hydrogens is 397 g/mol. The van der Waals surface area contributed by atoms with Gasteiger partial charge in [0.2, 0.25) is 5.91 Å². The minimum Gasteiger partial charge on any atom is -0.325 e. The standard InChI is InChI=1S/C18H16Cl3N3O2/c1-10-3-4-13(20)9-16(10)22-17(25)7-11(2)23-24-18(26)14-6-5-12(19)8-15(14)21/h3-6,8-9H,7H2,1-2H3,(H,22,25)(H,24,26)/b23-11+. The van der Waals surface area contributed by atoms with E-state index < -0.39 is 5.91 Å². The van der Waals surface area contributed by atoms with E-state index in [2.05, 4.69) is 15.8 Å². The van der Waals surface area contributed by atoms with E-state index >= 15 is 0 Å². The average Bonchev–Trinajstić information content (AvgIpc) is 2.56. The molecule has 2 N–H and O–H groups in total. The van der Waals surface area contributed by atoms with Gasteiger partial charge in [0.1, 0.15) is 0 Å². The molecule has 2 aromatic rings.